The summed E-state index contributed by atoms with van der Waals surface area (Å²) in [6.45, 7) is 7.29. The second-order valence-corrected chi connectivity index (χ2v) is 12.2. The predicted octanol–water partition coefficient (Wildman–Crippen LogP) is 1.08. The second-order valence-electron chi connectivity index (χ2n) is 12.2. The molecular formula is C29H36AcO10. The van der Waals surface area contributed by atoms with Gasteiger partial charge in [-0.3, -0.25) is 9.59 Å². The smallest absolute Gasteiger partial charge is 0.338 e. The van der Waals surface area contributed by atoms with E-state index >= 15 is 0 Å². The van der Waals surface area contributed by atoms with Gasteiger partial charge >= 0.3 is 11.9 Å². The summed E-state index contributed by atoms with van der Waals surface area (Å²) in [5, 5.41) is 46.7. The first-order valence-corrected chi connectivity index (χ1v) is 13.2. The van der Waals surface area contributed by atoms with Crippen molar-refractivity contribution >= 4 is 17.7 Å². The molecule has 1 aliphatic heterocycles. The number of hydrogen-bond donors (Lipinski definition) is 4. The third-order valence-electron chi connectivity index (χ3n) is 9.95. The van der Waals surface area contributed by atoms with Crippen LogP contribution in [0.3, 0.4) is 0 Å². The van der Waals surface area contributed by atoms with E-state index in [9.17, 15) is 34.8 Å². The number of aliphatic hydroxyl groups excluding tert-OH is 3. The second kappa shape index (κ2) is 10.5. The molecule has 9 atom stereocenters. The molecule has 215 valence electrons. The Kier molecular flexibility index (Phi) is 8.34. The van der Waals surface area contributed by atoms with Gasteiger partial charge in [0.1, 0.15) is 23.9 Å². The van der Waals surface area contributed by atoms with E-state index in [1.54, 1.807) is 39.0 Å². The maximum atomic E-state index is 14.3. The fourth-order valence-electron chi connectivity index (χ4n) is 7.66. The zero-order chi connectivity index (χ0) is 28.7. The van der Waals surface area contributed by atoms with Crippen LogP contribution in [0, 0.1) is 60.8 Å². The standard InChI is InChI=1S/C29H36O10.Ac/c1-14-17(31)12-29(36)24(38-25(35)16-9-7-6-8-10-16)22-27(5,23(34)21(33)20(14)26(29,3)4)18(32)11-19-28(22,13-37-19)39-15(2)30;/h6-10,17-19,21-22,24,31-33,36H,11-13H2,1-5H3;/t17-,18-,19+,21+,22-,24-,27+,28-,29+;/m0./s1. The van der Waals surface area contributed by atoms with Crippen LogP contribution in [0.1, 0.15) is 57.8 Å². The van der Waals surface area contributed by atoms with E-state index in [2.05, 4.69) is 0 Å². The minimum absolute atomic E-state index is 0. The normalized spacial score (nSPS) is 41.7. The molecule has 4 N–H and O–H groups in total. The first-order chi connectivity index (χ1) is 18.1. The topological polar surface area (TPSA) is 160 Å². The van der Waals surface area contributed by atoms with Crippen LogP contribution in [0.15, 0.2) is 41.5 Å². The van der Waals surface area contributed by atoms with Crippen LogP contribution in [-0.2, 0) is 23.8 Å². The molecular weight excluding hydrogens is 735 g/mol. The van der Waals surface area contributed by atoms with Gasteiger partial charge in [-0.05, 0) is 37.1 Å². The molecule has 1 radical (unpaired) electrons. The summed E-state index contributed by atoms with van der Waals surface area (Å²) in [6, 6.07) is 8.08. The van der Waals surface area contributed by atoms with E-state index in [1.165, 1.54) is 26.0 Å². The predicted molar refractivity (Wildman–Crippen MR) is 135 cm³/mol. The molecule has 11 heteroatoms. The number of carbonyl (C=O) groups excluding carboxylic acids is 3. The van der Waals surface area contributed by atoms with Gasteiger partial charge in [0, 0.05) is 69.2 Å². The zero-order valence-corrected chi connectivity index (χ0v) is 28.0. The molecule has 5 rings (SSSR count). The average molecular weight is 772 g/mol. The van der Waals surface area contributed by atoms with E-state index in [0.29, 0.717) is 5.57 Å². The van der Waals surface area contributed by atoms with E-state index in [0.717, 1.165) is 0 Å². The summed E-state index contributed by atoms with van der Waals surface area (Å²) >= 11 is 0. The average Bonchev–Trinajstić information content (AvgIpc) is 2.87. The SMILES string of the molecule is CC(=O)O[C@@]12CO[C@@H]1C[C@H](O)[C@@]1(C)C(=O)[C@H](O)C3=C(C)[C@@H](O)C[C@@](O)([C@@H](OC(=O)c4ccccc4)[C@H]21)C3(C)C.[Ac]. The Balaban J connectivity index is 0.00000370. The van der Waals surface area contributed by atoms with Crippen molar-refractivity contribution in [2.24, 2.45) is 16.7 Å². The summed E-state index contributed by atoms with van der Waals surface area (Å²) in [5.74, 6) is -3.60. The number of esters is 2. The summed E-state index contributed by atoms with van der Waals surface area (Å²) in [7, 11) is 0. The summed E-state index contributed by atoms with van der Waals surface area (Å²) in [6.07, 6.45) is -7.26. The molecule has 1 aromatic carbocycles. The molecule has 3 fully saturated rings. The van der Waals surface area contributed by atoms with Gasteiger partial charge in [0.2, 0.25) is 0 Å². The van der Waals surface area contributed by atoms with Gasteiger partial charge in [-0.15, -0.1) is 0 Å². The van der Waals surface area contributed by atoms with E-state index in [-0.39, 0.29) is 74.6 Å². The van der Waals surface area contributed by atoms with Gasteiger partial charge < -0.3 is 34.6 Å². The van der Waals surface area contributed by atoms with Crippen molar-refractivity contribution in [3.63, 3.8) is 0 Å². The molecule has 1 heterocycles. The molecule has 1 saturated heterocycles. The molecule has 40 heavy (non-hydrogen) atoms. The maximum Gasteiger partial charge on any atom is 0.338 e. The van der Waals surface area contributed by atoms with Crippen molar-refractivity contribution in [2.75, 3.05) is 6.61 Å². The van der Waals surface area contributed by atoms with Crippen LogP contribution in [0.25, 0.3) is 0 Å². The Morgan fingerprint density at radius 3 is 2.25 bits per heavy atom. The zero-order valence-electron chi connectivity index (χ0n) is 23.3. The van der Waals surface area contributed by atoms with Crippen LogP contribution in [-0.4, -0.2) is 86.5 Å². The van der Waals surface area contributed by atoms with Crippen molar-refractivity contribution in [3.8, 4) is 0 Å². The quantitative estimate of drug-likeness (QED) is 0.259. The van der Waals surface area contributed by atoms with Crippen molar-refractivity contribution in [3.05, 3.63) is 47.0 Å². The van der Waals surface area contributed by atoms with E-state index in [1.807, 2.05) is 0 Å². The summed E-state index contributed by atoms with van der Waals surface area (Å²) in [4.78, 5) is 40.3. The number of ether oxygens (including phenoxy) is 3. The monoisotopic (exact) mass is 771 g/mol. The molecule has 0 amide bonds. The number of hydrogen-bond acceptors (Lipinski definition) is 10. The van der Waals surface area contributed by atoms with Gasteiger partial charge in [-0.25, -0.2) is 4.79 Å². The number of aliphatic hydroxyl groups is 4. The van der Waals surface area contributed by atoms with Crippen molar-refractivity contribution in [2.45, 2.75) is 89.2 Å². The molecule has 0 unspecified atom stereocenters. The van der Waals surface area contributed by atoms with Gasteiger partial charge in [0.25, 0.3) is 0 Å². The Morgan fingerprint density at radius 1 is 1.07 bits per heavy atom. The van der Waals surface area contributed by atoms with Crippen LogP contribution < -0.4 is 0 Å². The fourth-order valence-corrected chi connectivity index (χ4v) is 7.66. The molecule has 3 aliphatic carbocycles. The fraction of sp³-hybridized carbons (Fsp3) is 0.621. The Morgan fingerprint density at radius 2 is 1.70 bits per heavy atom. The Hall–Kier alpha value is -1.19. The Labute approximate surface area is 268 Å². The minimum atomic E-state index is -2.07. The molecule has 4 aliphatic rings. The molecule has 10 nitrogen and oxygen atoms in total. The summed E-state index contributed by atoms with van der Waals surface area (Å²) < 4.78 is 17.7. The van der Waals surface area contributed by atoms with Crippen molar-refractivity contribution in [1.29, 1.82) is 0 Å². The summed E-state index contributed by atoms with van der Waals surface area (Å²) in [5.41, 5.74) is -6.24. The first-order valence-electron chi connectivity index (χ1n) is 13.2. The van der Waals surface area contributed by atoms with E-state index < -0.39 is 76.2 Å². The third-order valence-corrected chi connectivity index (χ3v) is 9.95. The van der Waals surface area contributed by atoms with Crippen LogP contribution in [0.4, 0.5) is 0 Å². The van der Waals surface area contributed by atoms with Gasteiger partial charge in [-0.1, -0.05) is 32.0 Å². The number of carbonyl (C=O) groups is 3. The molecule has 2 saturated carbocycles. The third kappa shape index (κ3) is 4.22. The number of benzene rings is 1. The molecule has 0 spiro atoms. The van der Waals surface area contributed by atoms with Gasteiger partial charge in [0.05, 0.1) is 35.7 Å². The van der Waals surface area contributed by atoms with Crippen LogP contribution in [0.5, 0.6) is 0 Å². The van der Waals surface area contributed by atoms with Crippen molar-refractivity contribution in [1.82, 2.24) is 0 Å². The van der Waals surface area contributed by atoms with Gasteiger partial charge in [0.15, 0.2) is 11.4 Å². The van der Waals surface area contributed by atoms with Crippen LogP contribution in [0.2, 0.25) is 0 Å². The Bertz CT molecular complexity index is 1250. The molecule has 1 aromatic rings. The van der Waals surface area contributed by atoms with E-state index in [4.69, 9.17) is 14.2 Å². The number of ketones is 1. The minimum Gasteiger partial charge on any atom is -0.455 e. The van der Waals surface area contributed by atoms with Crippen molar-refractivity contribution < 1.29 is 93.1 Å². The molecule has 2 bridgehead atoms. The first kappa shape index (κ1) is 31.7. The van der Waals surface area contributed by atoms with Crippen LogP contribution >= 0.6 is 0 Å². The number of Topliss-reactive ketones (excluding diaryl/α,β-unsaturated/α-hetero) is 1. The number of fused-ring (bicyclic) bond motifs is 5. The largest absolute Gasteiger partial charge is 0.455 e. The van der Waals surface area contributed by atoms with Gasteiger partial charge in [-0.2, -0.15) is 0 Å². The maximum absolute atomic E-state index is 14.3. The molecule has 0 aromatic heterocycles. The number of rotatable bonds is 3.